The molecule has 0 aliphatic heterocycles. The summed E-state index contributed by atoms with van der Waals surface area (Å²) in [6, 6.07) is 7.65. The largest absolute Gasteiger partial charge is 0.352 e. The van der Waals surface area contributed by atoms with Gasteiger partial charge in [-0.3, -0.25) is 9.67 Å². The van der Waals surface area contributed by atoms with E-state index in [4.69, 9.17) is 11.6 Å². The van der Waals surface area contributed by atoms with Crippen molar-refractivity contribution in [3.8, 4) is 0 Å². The maximum Gasteiger partial charge on any atom is 0.0828 e. The van der Waals surface area contributed by atoms with Crippen LogP contribution < -0.4 is 5.32 Å². The molecule has 0 unspecified atom stereocenters. The van der Waals surface area contributed by atoms with Gasteiger partial charge in [0.25, 0.3) is 0 Å². The van der Waals surface area contributed by atoms with Gasteiger partial charge in [0.2, 0.25) is 0 Å². The quantitative estimate of drug-likeness (QED) is 0.774. The summed E-state index contributed by atoms with van der Waals surface area (Å²) in [4.78, 5) is 4.33. The van der Waals surface area contributed by atoms with Gasteiger partial charge in [0.1, 0.15) is 0 Å². The van der Waals surface area contributed by atoms with Crippen LogP contribution >= 0.6 is 11.6 Å². The van der Waals surface area contributed by atoms with Gasteiger partial charge in [-0.2, -0.15) is 5.10 Å². The van der Waals surface area contributed by atoms with Crippen molar-refractivity contribution >= 4 is 33.9 Å². The Bertz CT molecular complexity index is 748. The van der Waals surface area contributed by atoms with Crippen molar-refractivity contribution in [1.29, 1.82) is 0 Å². The monoisotopic (exact) mass is 272 g/mol. The van der Waals surface area contributed by atoms with E-state index in [1.807, 2.05) is 44.4 Å². The number of halogens is 1. The highest BCUT2D eigenvalue weighted by Crippen LogP contribution is 2.27. The van der Waals surface area contributed by atoms with Crippen molar-refractivity contribution in [3.63, 3.8) is 0 Å². The molecule has 19 heavy (non-hydrogen) atoms. The molecule has 0 aliphatic carbocycles. The number of nitrogens with zero attached hydrogens (tertiary/aromatic N) is 3. The van der Waals surface area contributed by atoms with Crippen LogP contribution in [-0.4, -0.2) is 14.8 Å². The van der Waals surface area contributed by atoms with Crippen molar-refractivity contribution in [1.82, 2.24) is 14.8 Å². The van der Waals surface area contributed by atoms with Crippen LogP contribution in [-0.2, 0) is 7.05 Å². The fourth-order valence-corrected chi connectivity index (χ4v) is 2.26. The second kappa shape index (κ2) is 4.55. The van der Waals surface area contributed by atoms with Gasteiger partial charge in [0.05, 0.1) is 16.9 Å². The molecule has 3 aromatic rings. The van der Waals surface area contributed by atoms with Crippen molar-refractivity contribution in [3.05, 3.63) is 47.4 Å². The second-order valence-corrected chi connectivity index (χ2v) is 4.88. The number of nitrogens with one attached hydrogen (secondary N) is 1. The molecule has 0 saturated heterocycles. The van der Waals surface area contributed by atoms with E-state index in [0.717, 1.165) is 28.0 Å². The number of pyridine rings is 1. The Morgan fingerprint density at radius 2 is 2.05 bits per heavy atom. The predicted molar refractivity (Wildman–Crippen MR) is 78.0 cm³/mol. The first-order valence-electron chi connectivity index (χ1n) is 5.95. The Balaban J connectivity index is 2.08. The lowest BCUT2D eigenvalue weighted by Gasteiger charge is -2.08. The number of fused-ring (bicyclic) bond motifs is 1. The fraction of sp³-hybridized carbons (Fsp3) is 0.143. The molecule has 2 aromatic heterocycles. The van der Waals surface area contributed by atoms with Crippen molar-refractivity contribution in [2.45, 2.75) is 6.92 Å². The molecular formula is C14H13ClN4. The van der Waals surface area contributed by atoms with E-state index in [2.05, 4.69) is 15.4 Å². The summed E-state index contributed by atoms with van der Waals surface area (Å²) in [5, 5.41) is 9.43. The fourth-order valence-electron chi connectivity index (χ4n) is 2.10. The molecule has 0 bridgehead atoms. The minimum atomic E-state index is 0.690. The first-order chi connectivity index (χ1) is 9.13. The van der Waals surface area contributed by atoms with E-state index < -0.39 is 0 Å². The molecule has 1 aromatic carbocycles. The first-order valence-corrected chi connectivity index (χ1v) is 6.33. The second-order valence-electron chi connectivity index (χ2n) is 4.45. The summed E-state index contributed by atoms with van der Waals surface area (Å²) < 4.78 is 1.79. The van der Waals surface area contributed by atoms with Gasteiger partial charge < -0.3 is 5.32 Å². The van der Waals surface area contributed by atoms with Crippen LogP contribution in [0.15, 0.2) is 36.7 Å². The number of aromatic nitrogens is 3. The van der Waals surface area contributed by atoms with Crippen LogP contribution in [0.2, 0.25) is 5.02 Å². The Hall–Kier alpha value is -2.07. The van der Waals surface area contributed by atoms with Crippen LogP contribution in [0.4, 0.5) is 11.4 Å². The Morgan fingerprint density at radius 3 is 2.79 bits per heavy atom. The molecule has 0 amide bonds. The Kier molecular flexibility index (Phi) is 2.87. The number of hydrogen-bond acceptors (Lipinski definition) is 3. The highest BCUT2D eigenvalue weighted by molar-refractivity contribution is 6.31. The van der Waals surface area contributed by atoms with E-state index >= 15 is 0 Å². The summed E-state index contributed by atoms with van der Waals surface area (Å²) in [6.07, 6.45) is 3.73. The number of rotatable bonds is 2. The van der Waals surface area contributed by atoms with E-state index in [-0.39, 0.29) is 0 Å². The zero-order valence-corrected chi connectivity index (χ0v) is 11.4. The zero-order valence-electron chi connectivity index (χ0n) is 10.7. The lowest BCUT2D eigenvalue weighted by atomic mass is 10.2. The van der Waals surface area contributed by atoms with Gasteiger partial charge >= 0.3 is 0 Å². The minimum absolute atomic E-state index is 0.690. The van der Waals surface area contributed by atoms with Crippen molar-refractivity contribution < 1.29 is 0 Å². The smallest absolute Gasteiger partial charge is 0.0828 e. The summed E-state index contributed by atoms with van der Waals surface area (Å²) in [7, 11) is 1.91. The summed E-state index contributed by atoms with van der Waals surface area (Å²) in [6.45, 7) is 1.97. The average Bonchev–Trinajstić information content (AvgIpc) is 2.68. The number of hydrogen-bond donors (Lipinski definition) is 1. The van der Waals surface area contributed by atoms with E-state index in [9.17, 15) is 0 Å². The molecule has 5 heteroatoms. The molecule has 96 valence electrons. The summed E-state index contributed by atoms with van der Waals surface area (Å²) in [5.41, 5.74) is 3.82. The highest BCUT2D eigenvalue weighted by Gasteiger charge is 2.06. The number of benzene rings is 1. The van der Waals surface area contributed by atoms with Gasteiger partial charge in [0.15, 0.2) is 0 Å². The molecule has 0 atom stereocenters. The molecule has 0 radical (unpaired) electrons. The SMILES string of the molecule is Cc1nn(C)cc1Nc1ccnc2cc(Cl)ccc12. The van der Waals surface area contributed by atoms with Crippen LogP contribution in [0, 0.1) is 6.92 Å². The molecule has 3 rings (SSSR count). The van der Waals surface area contributed by atoms with Crippen molar-refractivity contribution in [2.24, 2.45) is 7.05 Å². The molecule has 1 N–H and O–H groups in total. The van der Waals surface area contributed by atoms with Crippen LogP contribution in [0.1, 0.15) is 5.69 Å². The molecular weight excluding hydrogens is 260 g/mol. The Morgan fingerprint density at radius 1 is 1.21 bits per heavy atom. The zero-order chi connectivity index (χ0) is 13.4. The molecule has 2 heterocycles. The molecule has 0 fully saturated rings. The van der Waals surface area contributed by atoms with Crippen LogP contribution in [0.3, 0.4) is 0 Å². The van der Waals surface area contributed by atoms with E-state index in [1.165, 1.54) is 0 Å². The van der Waals surface area contributed by atoms with E-state index in [1.54, 1.807) is 10.9 Å². The lowest BCUT2D eigenvalue weighted by molar-refractivity contribution is 0.756. The van der Waals surface area contributed by atoms with Gasteiger partial charge in [-0.25, -0.2) is 0 Å². The standard InChI is InChI=1S/C14H13ClN4/c1-9-14(8-19(2)18-9)17-12-5-6-16-13-7-10(15)3-4-11(12)13/h3-8H,1-2H3,(H,16,17). The maximum absolute atomic E-state index is 5.99. The summed E-state index contributed by atoms with van der Waals surface area (Å²) in [5.74, 6) is 0. The van der Waals surface area contributed by atoms with Crippen LogP contribution in [0.25, 0.3) is 10.9 Å². The Labute approximate surface area is 116 Å². The minimum Gasteiger partial charge on any atom is -0.352 e. The van der Waals surface area contributed by atoms with Gasteiger partial charge in [-0.1, -0.05) is 11.6 Å². The van der Waals surface area contributed by atoms with E-state index in [0.29, 0.717) is 5.02 Å². The lowest BCUT2D eigenvalue weighted by Crippen LogP contribution is -1.93. The summed E-state index contributed by atoms with van der Waals surface area (Å²) >= 11 is 5.99. The normalized spacial score (nSPS) is 10.9. The average molecular weight is 273 g/mol. The molecule has 0 saturated carbocycles. The van der Waals surface area contributed by atoms with Gasteiger partial charge in [0, 0.05) is 35.5 Å². The van der Waals surface area contributed by atoms with Gasteiger partial charge in [-0.05, 0) is 31.2 Å². The third kappa shape index (κ3) is 2.27. The van der Waals surface area contributed by atoms with Gasteiger partial charge in [-0.15, -0.1) is 0 Å². The first kappa shape index (κ1) is 12.0. The topological polar surface area (TPSA) is 42.7 Å². The number of aryl methyl sites for hydroxylation is 2. The highest BCUT2D eigenvalue weighted by atomic mass is 35.5. The number of anilines is 2. The predicted octanol–water partition coefficient (Wildman–Crippen LogP) is 3.67. The van der Waals surface area contributed by atoms with Crippen molar-refractivity contribution in [2.75, 3.05) is 5.32 Å². The third-order valence-corrected chi connectivity index (χ3v) is 3.22. The molecule has 0 aliphatic rings. The van der Waals surface area contributed by atoms with Crippen LogP contribution in [0.5, 0.6) is 0 Å². The maximum atomic E-state index is 5.99. The third-order valence-electron chi connectivity index (χ3n) is 2.99. The molecule has 0 spiro atoms. The molecule has 4 nitrogen and oxygen atoms in total.